The molecule has 1 aromatic carbocycles. The van der Waals surface area contributed by atoms with E-state index >= 15 is 0 Å². The first kappa shape index (κ1) is 23.4. The first-order valence-corrected chi connectivity index (χ1v) is 14.5. The fraction of sp³-hybridized carbons (Fsp3) is 0.400. The summed E-state index contributed by atoms with van der Waals surface area (Å²) in [6.45, 7) is 3.47. The van der Waals surface area contributed by atoms with Gasteiger partial charge in [0.2, 0.25) is 5.95 Å². The molecule has 1 saturated heterocycles. The van der Waals surface area contributed by atoms with Crippen molar-refractivity contribution in [2.75, 3.05) is 36.9 Å². The number of hydrogen-bond donors (Lipinski definition) is 2. The maximum absolute atomic E-state index is 13.1. The summed E-state index contributed by atoms with van der Waals surface area (Å²) in [5.74, 6) is 0.671. The Kier molecular flexibility index (Phi) is 5.93. The summed E-state index contributed by atoms with van der Waals surface area (Å²) in [7, 11) is -1.98. The van der Waals surface area contributed by atoms with Crippen molar-refractivity contribution in [3.8, 4) is 11.3 Å². The number of urea groups is 1. The topological polar surface area (TPSA) is 108 Å². The molecule has 0 saturated carbocycles. The third kappa shape index (κ3) is 4.35. The number of fused-ring (bicyclic) bond motifs is 2. The summed E-state index contributed by atoms with van der Waals surface area (Å²) in [4.78, 5) is 27.5. The van der Waals surface area contributed by atoms with E-state index in [0.717, 1.165) is 73.3 Å². The molecule has 0 bridgehead atoms. The minimum atomic E-state index is -3.99. The second kappa shape index (κ2) is 9.13. The number of likely N-dealkylation sites (N-methyl/N-ethyl adjacent to an activating group) is 1. The average molecular weight is 525 g/mol. The molecule has 0 radical (unpaired) electrons. The minimum Gasteiger partial charge on any atom is -0.341 e. The van der Waals surface area contributed by atoms with Crippen LogP contribution < -0.4 is 14.9 Å². The Labute approximate surface area is 214 Å². The molecule has 3 aliphatic rings. The van der Waals surface area contributed by atoms with Gasteiger partial charge in [0.05, 0.1) is 11.4 Å². The Balaban J connectivity index is 1.28. The first-order valence-electron chi connectivity index (χ1n) is 12.2. The predicted octanol–water partition coefficient (Wildman–Crippen LogP) is 3.40. The zero-order valence-electron chi connectivity index (χ0n) is 20.1. The summed E-state index contributed by atoms with van der Waals surface area (Å²) in [5, 5.41) is 2.87. The van der Waals surface area contributed by atoms with Crippen LogP contribution in [0.1, 0.15) is 34.4 Å². The number of hydrogen-bond acceptors (Lipinski definition) is 8. The van der Waals surface area contributed by atoms with Gasteiger partial charge in [-0.3, -0.25) is 0 Å². The summed E-state index contributed by atoms with van der Waals surface area (Å²) < 4.78 is 28.6. The molecule has 1 aliphatic carbocycles. The van der Waals surface area contributed by atoms with Crippen molar-refractivity contribution in [1.29, 1.82) is 0 Å². The molecule has 0 spiro atoms. The first-order chi connectivity index (χ1) is 17.4. The molecule has 11 heteroatoms. The highest BCUT2D eigenvalue weighted by atomic mass is 32.2. The lowest BCUT2D eigenvalue weighted by Crippen LogP contribution is -2.38. The predicted molar refractivity (Wildman–Crippen MR) is 140 cm³/mol. The molecule has 36 heavy (non-hydrogen) atoms. The molecular weight excluding hydrogens is 496 g/mol. The normalized spacial score (nSPS) is 17.3. The second-order valence-corrected chi connectivity index (χ2v) is 12.7. The van der Waals surface area contributed by atoms with E-state index in [0.29, 0.717) is 23.9 Å². The number of nitrogens with one attached hydrogen (secondary N) is 2. The van der Waals surface area contributed by atoms with Crippen molar-refractivity contribution in [1.82, 2.24) is 19.6 Å². The zero-order valence-corrected chi connectivity index (χ0v) is 21.7. The van der Waals surface area contributed by atoms with E-state index in [-0.39, 0.29) is 4.21 Å². The van der Waals surface area contributed by atoms with Crippen molar-refractivity contribution in [3.63, 3.8) is 0 Å². The largest absolute Gasteiger partial charge is 0.341 e. The number of carbonyl (C=O) groups is 1. The standard InChI is InChI=1S/C25H28N6O3S2/c1-30-13-9-21-17(15-30)14-22(35-21)36(33,34)29-25(32)28-23-18-5-2-4-16(18)6-7-19(23)20-8-10-26-24(27-20)31-11-3-12-31/h6-8,10,14H,2-5,9,11-13,15H2,1H3,(H2,28,29,32). The molecule has 2 amide bonds. The van der Waals surface area contributed by atoms with Crippen LogP contribution in [0.2, 0.25) is 0 Å². The summed E-state index contributed by atoms with van der Waals surface area (Å²) in [6.07, 6.45) is 6.41. The Morgan fingerprint density at radius 2 is 1.92 bits per heavy atom. The summed E-state index contributed by atoms with van der Waals surface area (Å²) in [6, 6.07) is 6.79. The highest BCUT2D eigenvalue weighted by Gasteiger charge is 2.27. The number of sulfonamides is 1. The molecule has 9 nitrogen and oxygen atoms in total. The highest BCUT2D eigenvalue weighted by Crippen LogP contribution is 2.37. The van der Waals surface area contributed by atoms with Crippen molar-refractivity contribution in [3.05, 3.63) is 52.0 Å². The van der Waals surface area contributed by atoms with Crippen LogP contribution in [-0.4, -0.2) is 56.0 Å². The van der Waals surface area contributed by atoms with Gasteiger partial charge in [0, 0.05) is 42.8 Å². The van der Waals surface area contributed by atoms with Gasteiger partial charge in [0.15, 0.2) is 0 Å². The number of anilines is 2. The minimum absolute atomic E-state index is 0.173. The van der Waals surface area contributed by atoms with E-state index in [4.69, 9.17) is 4.98 Å². The second-order valence-electron chi connectivity index (χ2n) is 9.62. The van der Waals surface area contributed by atoms with Gasteiger partial charge in [-0.2, -0.15) is 0 Å². The molecule has 2 aromatic heterocycles. The number of aromatic nitrogens is 2. The molecule has 2 N–H and O–H groups in total. The third-order valence-electron chi connectivity index (χ3n) is 7.11. The number of thiophene rings is 1. The van der Waals surface area contributed by atoms with Crippen LogP contribution in [0.15, 0.2) is 34.7 Å². The van der Waals surface area contributed by atoms with Gasteiger partial charge in [0.1, 0.15) is 4.21 Å². The maximum Gasteiger partial charge on any atom is 0.333 e. The summed E-state index contributed by atoms with van der Waals surface area (Å²) in [5.41, 5.74) is 5.32. The molecular formula is C25H28N6O3S2. The van der Waals surface area contributed by atoms with Crippen LogP contribution >= 0.6 is 11.3 Å². The monoisotopic (exact) mass is 524 g/mol. The van der Waals surface area contributed by atoms with E-state index in [1.165, 1.54) is 16.9 Å². The van der Waals surface area contributed by atoms with Crippen LogP contribution in [0.3, 0.4) is 0 Å². The Morgan fingerprint density at radius 1 is 1.06 bits per heavy atom. The van der Waals surface area contributed by atoms with Gasteiger partial charge in [-0.05, 0) is 68.0 Å². The fourth-order valence-corrected chi connectivity index (χ4v) is 7.53. The molecule has 6 rings (SSSR count). The molecule has 188 valence electrons. The van der Waals surface area contributed by atoms with E-state index in [9.17, 15) is 13.2 Å². The number of benzene rings is 1. The Morgan fingerprint density at radius 3 is 2.72 bits per heavy atom. The van der Waals surface area contributed by atoms with Crippen LogP contribution in [-0.2, 0) is 35.8 Å². The van der Waals surface area contributed by atoms with Crippen molar-refractivity contribution >= 4 is 39.0 Å². The van der Waals surface area contributed by atoms with Crippen molar-refractivity contribution in [2.45, 2.75) is 42.9 Å². The van der Waals surface area contributed by atoms with E-state index in [1.54, 1.807) is 12.3 Å². The zero-order chi connectivity index (χ0) is 24.9. The number of rotatable bonds is 5. The van der Waals surface area contributed by atoms with Crippen LogP contribution in [0.5, 0.6) is 0 Å². The summed E-state index contributed by atoms with van der Waals surface area (Å²) >= 11 is 1.25. The van der Waals surface area contributed by atoms with Gasteiger partial charge < -0.3 is 15.1 Å². The van der Waals surface area contributed by atoms with E-state index in [2.05, 4.69) is 30.9 Å². The van der Waals surface area contributed by atoms with Gasteiger partial charge in [-0.25, -0.2) is 27.9 Å². The number of nitrogens with zero attached hydrogens (tertiary/aromatic N) is 4. The van der Waals surface area contributed by atoms with Crippen LogP contribution in [0.25, 0.3) is 11.3 Å². The van der Waals surface area contributed by atoms with Crippen LogP contribution in [0.4, 0.5) is 16.4 Å². The quantitative estimate of drug-likeness (QED) is 0.527. The lowest BCUT2D eigenvalue weighted by Gasteiger charge is -2.30. The SMILES string of the molecule is CN1CCc2sc(S(=O)(=O)NC(=O)Nc3c(-c4ccnc(N5CCC5)n4)ccc4c3CCC4)cc2C1. The van der Waals surface area contributed by atoms with Crippen LogP contribution in [0, 0.1) is 0 Å². The molecule has 4 heterocycles. The van der Waals surface area contributed by atoms with Gasteiger partial charge in [0.25, 0.3) is 10.0 Å². The maximum atomic E-state index is 13.1. The van der Waals surface area contributed by atoms with Crippen molar-refractivity contribution in [2.24, 2.45) is 0 Å². The molecule has 0 atom stereocenters. The third-order valence-corrected chi connectivity index (χ3v) is 10.1. The average Bonchev–Trinajstić information content (AvgIpc) is 3.45. The molecule has 1 fully saturated rings. The number of aryl methyl sites for hydroxylation is 1. The highest BCUT2D eigenvalue weighted by molar-refractivity contribution is 7.92. The fourth-order valence-electron chi connectivity index (χ4n) is 5.08. The number of amides is 2. The van der Waals surface area contributed by atoms with Gasteiger partial charge >= 0.3 is 6.03 Å². The lowest BCUT2D eigenvalue weighted by molar-refractivity contribution is 0.256. The van der Waals surface area contributed by atoms with Crippen molar-refractivity contribution < 1.29 is 13.2 Å². The van der Waals surface area contributed by atoms with E-state index < -0.39 is 16.1 Å². The Hall–Kier alpha value is -3.02. The molecule has 2 aliphatic heterocycles. The molecule has 0 unspecified atom stereocenters. The van der Waals surface area contributed by atoms with Gasteiger partial charge in [-0.1, -0.05) is 12.1 Å². The van der Waals surface area contributed by atoms with Gasteiger partial charge in [-0.15, -0.1) is 11.3 Å². The smallest absolute Gasteiger partial charge is 0.333 e. The lowest BCUT2D eigenvalue weighted by atomic mass is 10.0. The molecule has 3 aromatic rings. The van der Waals surface area contributed by atoms with E-state index in [1.807, 2.05) is 19.2 Å². The number of carbonyl (C=O) groups excluding carboxylic acids is 1. The Bertz CT molecular complexity index is 1450.